The van der Waals surface area contributed by atoms with Crippen molar-refractivity contribution in [2.75, 3.05) is 6.61 Å². The van der Waals surface area contributed by atoms with E-state index in [0.29, 0.717) is 25.2 Å². The summed E-state index contributed by atoms with van der Waals surface area (Å²) in [5, 5.41) is 0. The molecule has 0 fully saturated rings. The third-order valence-corrected chi connectivity index (χ3v) is 2.65. The zero-order chi connectivity index (χ0) is 13.6. The maximum atomic E-state index is 11.8. The first-order valence-corrected chi connectivity index (χ1v) is 6.64. The second-order valence-corrected chi connectivity index (χ2v) is 5.85. The van der Waals surface area contributed by atoms with Gasteiger partial charge in [0.05, 0.1) is 6.61 Å². The number of carbonyl (C=O) groups is 1. The molecule has 1 aromatic rings. The minimum atomic E-state index is 0.0932. The summed E-state index contributed by atoms with van der Waals surface area (Å²) in [6.07, 6.45) is 2.11. The molecule has 0 saturated heterocycles. The highest BCUT2D eigenvalue weighted by atomic mass is 16.5. The molecule has 0 N–H and O–H groups in total. The predicted molar refractivity (Wildman–Crippen MR) is 75.0 cm³/mol. The summed E-state index contributed by atoms with van der Waals surface area (Å²) < 4.78 is 5.39. The summed E-state index contributed by atoms with van der Waals surface area (Å²) in [7, 11) is 0. The quantitative estimate of drug-likeness (QED) is 0.760. The van der Waals surface area contributed by atoms with E-state index in [1.807, 2.05) is 31.2 Å². The van der Waals surface area contributed by atoms with Crippen LogP contribution >= 0.6 is 0 Å². The first kappa shape index (κ1) is 14.7. The van der Waals surface area contributed by atoms with E-state index in [-0.39, 0.29) is 5.41 Å². The van der Waals surface area contributed by atoms with Gasteiger partial charge < -0.3 is 4.74 Å². The first-order valence-electron chi connectivity index (χ1n) is 6.64. The normalized spacial score (nSPS) is 11.3. The molecule has 0 unspecified atom stereocenters. The number of hydrogen-bond donors (Lipinski definition) is 0. The molecule has 18 heavy (non-hydrogen) atoms. The van der Waals surface area contributed by atoms with E-state index in [2.05, 4.69) is 20.8 Å². The van der Waals surface area contributed by atoms with Crippen LogP contribution in [0.4, 0.5) is 0 Å². The van der Waals surface area contributed by atoms with Crippen molar-refractivity contribution >= 4 is 5.78 Å². The van der Waals surface area contributed by atoms with Gasteiger partial charge in [0.25, 0.3) is 0 Å². The second-order valence-electron chi connectivity index (χ2n) is 5.85. The van der Waals surface area contributed by atoms with Crippen molar-refractivity contribution in [2.24, 2.45) is 5.41 Å². The van der Waals surface area contributed by atoms with Gasteiger partial charge in [-0.1, -0.05) is 32.9 Å². The fourth-order valence-corrected chi connectivity index (χ4v) is 1.88. The van der Waals surface area contributed by atoms with Gasteiger partial charge in [-0.25, -0.2) is 0 Å². The van der Waals surface area contributed by atoms with Crippen LogP contribution in [0, 0.1) is 5.41 Å². The lowest BCUT2D eigenvalue weighted by Gasteiger charge is -2.16. The molecule has 0 bridgehead atoms. The highest BCUT2D eigenvalue weighted by Gasteiger charge is 2.15. The molecule has 0 heterocycles. The molecular weight excluding hydrogens is 224 g/mol. The molecule has 0 atom stereocenters. The summed E-state index contributed by atoms with van der Waals surface area (Å²) >= 11 is 0. The largest absolute Gasteiger partial charge is 0.494 e. The van der Waals surface area contributed by atoms with Crippen molar-refractivity contribution in [3.63, 3.8) is 0 Å². The average molecular weight is 248 g/mol. The summed E-state index contributed by atoms with van der Waals surface area (Å²) in [4.78, 5) is 11.8. The standard InChI is InChI=1S/C16H24O2/c1-5-18-15-10-7-13(8-11-15)6-9-14(17)12-16(2,3)4/h7-8,10-11H,5-6,9,12H2,1-4H3. The predicted octanol–water partition coefficient (Wildman–Crippen LogP) is 4.02. The van der Waals surface area contributed by atoms with Crippen LogP contribution in [-0.4, -0.2) is 12.4 Å². The minimum Gasteiger partial charge on any atom is -0.494 e. The third kappa shape index (κ3) is 5.85. The van der Waals surface area contributed by atoms with Crippen LogP contribution in [0.5, 0.6) is 5.75 Å². The lowest BCUT2D eigenvalue weighted by molar-refractivity contribution is -0.120. The Morgan fingerprint density at radius 2 is 1.78 bits per heavy atom. The van der Waals surface area contributed by atoms with Gasteiger partial charge in [0.1, 0.15) is 11.5 Å². The van der Waals surface area contributed by atoms with E-state index in [1.165, 1.54) is 5.56 Å². The molecule has 2 heteroatoms. The van der Waals surface area contributed by atoms with Crippen LogP contribution in [0.15, 0.2) is 24.3 Å². The van der Waals surface area contributed by atoms with Crippen LogP contribution in [0.2, 0.25) is 0 Å². The van der Waals surface area contributed by atoms with Gasteiger partial charge in [0, 0.05) is 12.8 Å². The molecule has 1 aromatic carbocycles. The molecular formula is C16H24O2. The third-order valence-electron chi connectivity index (χ3n) is 2.65. The second kappa shape index (κ2) is 6.58. The molecule has 0 aliphatic heterocycles. The van der Waals surface area contributed by atoms with Gasteiger partial charge in [-0.3, -0.25) is 4.79 Å². The topological polar surface area (TPSA) is 26.3 Å². The Labute approximate surface area is 110 Å². The van der Waals surface area contributed by atoms with Gasteiger partial charge in [0.2, 0.25) is 0 Å². The SMILES string of the molecule is CCOc1ccc(CCC(=O)CC(C)(C)C)cc1. The van der Waals surface area contributed by atoms with E-state index < -0.39 is 0 Å². The molecule has 2 nitrogen and oxygen atoms in total. The van der Waals surface area contributed by atoms with Crippen molar-refractivity contribution in [3.05, 3.63) is 29.8 Å². The van der Waals surface area contributed by atoms with Crippen molar-refractivity contribution in [3.8, 4) is 5.75 Å². The van der Waals surface area contributed by atoms with Crippen molar-refractivity contribution in [1.29, 1.82) is 0 Å². The van der Waals surface area contributed by atoms with Crippen LogP contribution < -0.4 is 4.74 Å². The fraction of sp³-hybridized carbons (Fsp3) is 0.562. The maximum absolute atomic E-state index is 11.8. The summed E-state index contributed by atoms with van der Waals surface area (Å²) in [5.74, 6) is 1.23. The molecule has 0 spiro atoms. The lowest BCUT2D eigenvalue weighted by Crippen LogP contribution is -2.13. The van der Waals surface area contributed by atoms with Crippen LogP contribution in [0.1, 0.15) is 46.1 Å². The Bertz CT molecular complexity index is 371. The molecule has 100 valence electrons. The van der Waals surface area contributed by atoms with Gasteiger partial charge in [-0.2, -0.15) is 0 Å². The van der Waals surface area contributed by atoms with E-state index >= 15 is 0 Å². The van der Waals surface area contributed by atoms with Gasteiger partial charge in [-0.05, 0) is 36.5 Å². The lowest BCUT2D eigenvalue weighted by atomic mass is 9.88. The van der Waals surface area contributed by atoms with E-state index in [1.54, 1.807) is 0 Å². The van der Waals surface area contributed by atoms with Gasteiger partial charge >= 0.3 is 0 Å². The highest BCUT2D eigenvalue weighted by molar-refractivity contribution is 5.79. The monoisotopic (exact) mass is 248 g/mol. The number of ether oxygens (including phenoxy) is 1. The Hall–Kier alpha value is -1.31. The Kier molecular flexibility index (Phi) is 5.39. The molecule has 0 aliphatic carbocycles. The molecule has 0 aromatic heterocycles. The Morgan fingerprint density at radius 1 is 1.17 bits per heavy atom. The number of carbonyl (C=O) groups excluding carboxylic acids is 1. The Morgan fingerprint density at radius 3 is 2.28 bits per heavy atom. The summed E-state index contributed by atoms with van der Waals surface area (Å²) in [5.41, 5.74) is 1.29. The summed E-state index contributed by atoms with van der Waals surface area (Å²) in [6.45, 7) is 8.95. The van der Waals surface area contributed by atoms with Crippen molar-refractivity contribution in [2.45, 2.75) is 47.0 Å². The maximum Gasteiger partial charge on any atom is 0.133 e. The molecule has 0 amide bonds. The van der Waals surface area contributed by atoms with Crippen molar-refractivity contribution < 1.29 is 9.53 Å². The Balaban J connectivity index is 2.41. The number of benzene rings is 1. The van der Waals surface area contributed by atoms with E-state index in [0.717, 1.165) is 12.2 Å². The molecule has 0 saturated carbocycles. The zero-order valence-electron chi connectivity index (χ0n) is 12.0. The highest BCUT2D eigenvalue weighted by Crippen LogP contribution is 2.20. The number of ketones is 1. The zero-order valence-corrected chi connectivity index (χ0v) is 12.0. The number of aryl methyl sites for hydroxylation is 1. The molecule has 0 aliphatic rings. The van der Waals surface area contributed by atoms with E-state index in [9.17, 15) is 4.79 Å². The van der Waals surface area contributed by atoms with Crippen LogP contribution in [0.25, 0.3) is 0 Å². The molecule has 0 radical (unpaired) electrons. The van der Waals surface area contributed by atoms with Gasteiger partial charge in [-0.15, -0.1) is 0 Å². The fourth-order valence-electron chi connectivity index (χ4n) is 1.88. The number of Topliss-reactive ketones (excluding diaryl/α,β-unsaturated/α-hetero) is 1. The first-order chi connectivity index (χ1) is 8.40. The number of rotatable bonds is 6. The van der Waals surface area contributed by atoms with Gasteiger partial charge in [0.15, 0.2) is 0 Å². The van der Waals surface area contributed by atoms with Crippen molar-refractivity contribution in [1.82, 2.24) is 0 Å². The van der Waals surface area contributed by atoms with Crippen LogP contribution in [0.3, 0.4) is 0 Å². The smallest absolute Gasteiger partial charge is 0.133 e. The summed E-state index contributed by atoms with van der Waals surface area (Å²) in [6, 6.07) is 8.00. The van der Waals surface area contributed by atoms with E-state index in [4.69, 9.17) is 4.74 Å². The molecule has 1 rings (SSSR count). The number of hydrogen-bond acceptors (Lipinski definition) is 2. The van der Waals surface area contributed by atoms with Crippen LogP contribution in [-0.2, 0) is 11.2 Å². The average Bonchev–Trinajstić information content (AvgIpc) is 2.26. The minimum absolute atomic E-state index is 0.0932.